The number of fused-ring (bicyclic) bond motifs is 1. The molecular formula is C16H16N2O3. The largest absolute Gasteiger partial charge is 0.493 e. The van der Waals surface area contributed by atoms with E-state index in [0.717, 1.165) is 16.8 Å². The quantitative estimate of drug-likeness (QED) is 0.803. The van der Waals surface area contributed by atoms with E-state index in [4.69, 9.17) is 9.15 Å². The van der Waals surface area contributed by atoms with E-state index in [1.807, 2.05) is 38.1 Å². The Kier molecular flexibility index (Phi) is 3.17. The van der Waals surface area contributed by atoms with Gasteiger partial charge in [0.2, 0.25) is 0 Å². The molecule has 3 aromatic rings. The van der Waals surface area contributed by atoms with Crippen molar-refractivity contribution in [2.75, 3.05) is 12.5 Å². The molecule has 0 fully saturated rings. The fraction of sp³-hybridized carbons (Fsp3) is 0.188. The molecule has 0 saturated carbocycles. The highest BCUT2D eigenvalue weighted by Gasteiger charge is 2.16. The number of aryl methyl sites for hydroxylation is 2. The third-order valence-electron chi connectivity index (χ3n) is 3.44. The maximum absolute atomic E-state index is 12.3. The van der Waals surface area contributed by atoms with Crippen LogP contribution in [0, 0.1) is 13.8 Å². The minimum absolute atomic E-state index is 0.252. The molecule has 5 heteroatoms. The van der Waals surface area contributed by atoms with Gasteiger partial charge in [0.05, 0.1) is 7.11 Å². The Hall–Kier alpha value is -2.69. The molecule has 21 heavy (non-hydrogen) atoms. The second kappa shape index (κ2) is 5.01. The Morgan fingerprint density at radius 2 is 1.90 bits per heavy atom. The number of hydrogen-bond donors (Lipinski definition) is 1. The van der Waals surface area contributed by atoms with Crippen molar-refractivity contribution in [3.05, 3.63) is 53.5 Å². The Labute approximate surface area is 122 Å². The number of nitrogens with one attached hydrogen (secondary N) is 1. The molecule has 0 aliphatic rings. The van der Waals surface area contributed by atoms with Gasteiger partial charge in [0.1, 0.15) is 0 Å². The van der Waals surface area contributed by atoms with Gasteiger partial charge in [-0.3, -0.25) is 14.9 Å². The molecule has 0 radical (unpaired) electrons. The van der Waals surface area contributed by atoms with Crippen LogP contribution in [0.4, 0.5) is 0 Å². The van der Waals surface area contributed by atoms with E-state index in [9.17, 15) is 4.79 Å². The molecule has 3 rings (SSSR count). The number of benzene rings is 1. The van der Waals surface area contributed by atoms with E-state index < -0.39 is 0 Å². The lowest BCUT2D eigenvalue weighted by Gasteiger charge is -2.09. The van der Waals surface area contributed by atoms with Crippen LogP contribution >= 0.6 is 0 Å². The van der Waals surface area contributed by atoms with Gasteiger partial charge in [0.15, 0.2) is 17.1 Å². The van der Waals surface area contributed by atoms with Crippen molar-refractivity contribution in [1.82, 2.24) is 4.68 Å². The summed E-state index contributed by atoms with van der Waals surface area (Å²) in [4.78, 5) is 12.3. The summed E-state index contributed by atoms with van der Waals surface area (Å²) in [6.07, 6.45) is 0. The zero-order valence-electron chi connectivity index (χ0n) is 12.1. The molecule has 2 aromatic heterocycles. The van der Waals surface area contributed by atoms with Gasteiger partial charge in [0.25, 0.3) is 0 Å². The Morgan fingerprint density at radius 3 is 2.57 bits per heavy atom. The lowest BCUT2D eigenvalue weighted by molar-refractivity contribution is 0.0982. The normalized spacial score (nSPS) is 10.8. The minimum Gasteiger partial charge on any atom is -0.493 e. The van der Waals surface area contributed by atoms with E-state index in [1.54, 1.807) is 23.9 Å². The van der Waals surface area contributed by atoms with Gasteiger partial charge in [-0.05, 0) is 38.1 Å². The number of hydrogen-bond acceptors (Lipinski definition) is 3. The second-order valence-corrected chi connectivity index (χ2v) is 4.88. The van der Waals surface area contributed by atoms with E-state index in [1.165, 1.54) is 0 Å². The van der Waals surface area contributed by atoms with E-state index in [-0.39, 0.29) is 11.7 Å². The number of methoxy groups -OCH3 is 1. The topological polar surface area (TPSA) is 56.4 Å². The third-order valence-corrected chi connectivity index (χ3v) is 3.44. The fourth-order valence-electron chi connectivity index (χ4n) is 2.31. The summed E-state index contributed by atoms with van der Waals surface area (Å²) in [5.74, 6) is 0.567. The minimum atomic E-state index is -0.296. The summed E-state index contributed by atoms with van der Waals surface area (Å²) in [6.45, 7) is 3.85. The average Bonchev–Trinajstić information content (AvgIpc) is 3.05. The van der Waals surface area contributed by atoms with Gasteiger partial charge in [-0.15, -0.1) is 0 Å². The van der Waals surface area contributed by atoms with E-state index in [2.05, 4.69) is 5.43 Å². The number of ether oxygens (including phenoxy) is 1. The number of carbonyl (C=O) groups excluding carboxylic acids is 1. The Balaban J connectivity index is 1.95. The van der Waals surface area contributed by atoms with Gasteiger partial charge < -0.3 is 9.15 Å². The average molecular weight is 284 g/mol. The van der Waals surface area contributed by atoms with Crippen LogP contribution in [0.1, 0.15) is 21.9 Å². The number of para-hydroxylation sites is 1. The SMILES string of the molecule is COc1cccc2cc(C(=O)Nn3c(C)ccc3C)oc12. The highest BCUT2D eigenvalue weighted by molar-refractivity contribution is 6.01. The molecule has 0 spiro atoms. The van der Waals surface area contributed by atoms with Crippen LogP contribution in [0.15, 0.2) is 40.8 Å². The molecule has 0 bridgehead atoms. The van der Waals surface area contributed by atoms with Crippen molar-refractivity contribution in [2.24, 2.45) is 0 Å². The zero-order chi connectivity index (χ0) is 15.0. The second-order valence-electron chi connectivity index (χ2n) is 4.88. The zero-order valence-corrected chi connectivity index (χ0v) is 12.1. The summed E-state index contributed by atoms with van der Waals surface area (Å²) >= 11 is 0. The van der Waals surface area contributed by atoms with Crippen molar-refractivity contribution in [2.45, 2.75) is 13.8 Å². The highest BCUT2D eigenvalue weighted by Crippen LogP contribution is 2.28. The molecule has 0 unspecified atom stereocenters. The number of carbonyl (C=O) groups is 1. The number of furan rings is 1. The first-order valence-electron chi connectivity index (χ1n) is 6.63. The maximum atomic E-state index is 12.3. The van der Waals surface area contributed by atoms with Crippen LogP contribution in [-0.2, 0) is 0 Å². The monoisotopic (exact) mass is 284 g/mol. The molecule has 1 amide bonds. The van der Waals surface area contributed by atoms with Gasteiger partial charge in [-0.1, -0.05) is 12.1 Å². The molecule has 0 aliphatic carbocycles. The summed E-state index contributed by atoms with van der Waals surface area (Å²) in [5.41, 5.74) is 5.30. The van der Waals surface area contributed by atoms with Crippen LogP contribution in [-0.4, -0.2) is 17.7 Å². The molecular weight excluding hydrogens is 268 g/mol. The van der Waals surface area contributed by atoms with E-state index >= 15 is 0 Å². The standard InChI is InChI=1S/C16H16N2O3/c1-10-7-8-11(2)18(10)17-16(19)14-9-12-5-4-6-13(20-3)15(12)21-14/h4-9H,1-3H3,(H,17,19). The van der Waals surface area contributed by atoms with Crippen molar-refractivity contribution in [3.63, 3.8) is 0 Å². The predicted molar refractivity (Wildman–Crippen MR) is 80.4 cm³/mol. The molecule has 0 atom stereocenters. The van der Waals surface area contributed by atoms with Gasteiger partial charge >= 0.3 is 5.91 Å². The molecule has 0 aliphatic heterocycles. The number of nitrogens with zero attached hydrogens (tertiary/aromatic N) is 1. The summed E-state index contributed by atoms with van der Waals surface area (Å²) in [6, 6.07) is 11.1. The lowest BCUT2D eigenvalue weighted by Crippen LogP contribution is -2.24. The molecule has 5 nitrogen and oxygen atoms in total. The van der Waals surface area contributed by atoms with Crippen molar-refractivity contribution < 1.29 is 13.9 Å². The first-order chi connectivity index (χ1) is 10.1. The highest BCUT2D eigenvalue weighted by atomic mass is 16.5. The molecule has 108 valence electrons. The van der Waals surface area contributed by atoms with Gasteiger partial charge in [0, 0.05) is 16.8 Å². The molecule has 2 heterocycles. The van der Waals surface area contributed by atoms with Crippen LogP contribution in [0.2, 0.25) is 0 Å². The smallest absolute Gasteiger partial charge is 0.305 e. The van der Waals surface area contributed by atoms with E-state index in [0.29, 0.717) is 11.3 Å². The third kappa shape index (κ3) is 2.27. The maximum Gasteiger partial charge on any atom is 0.305 e. The van der Waals surface area contributed by atoms with Crippen molar-refractivity contribution in [1.29, 1.82) is 0 Å². The summed E-state index contributed by atoms with van der Waals surface area (Å²) in [7, 11) is 1.57. The Morgan fingerprint density at radius 1 is 1.19 bits per heavy atom. The van der Waals surface area contributed by atoms with Crippen molar-refractivity contribution >= 4 is 16.9 Å². The summed E-state index contributed by atoms with van der Waals surface area (Å²) in [5, 5.41) is 0.834. The van der Waals surface area contributed by atoms with Gasteiger partial charge in [-0.25, -0.2) is 0 Å². The number of rotatable bonds is 3. The predicted octanol–water partition coefficient (Wildman–Crippen LogP) is 3.24. The molecule has 0 saturated heterocycles. The van der Waals surface area contributed by atoms with Crippen molar-refractivity contribution in [3.8, 4) is 5.75 Å². The summed E-state index contributed by atoms with van der Waals surface area (Å²) < 4.78 is 12.6. The molecule has 1 N–H and O–H groups in total. The van der Waals surface area contributed by atoms with Gasteiger partial charge in [-0.2, -0.15) is 0 Å². The number of aromatic nitrogens is 1. The van der Waals surface area contributed by atoms with Crippen LogP contribution in [0.3, 0.4) is 0 Å². The van der Waals surface area contributed by atoms with Crippen LogP contribution < -0.4 is 10.2 Å². The Bertz CT molecular complexity index is 795. The first kappa shape index (κ1) is 13.3. The van der Waals surface area contributed by atoms with Crippen LogP contribution in [0.5, 0.6) is 5.75 Å². The number of amides is 1. The van der Waals surface area contributed by atoms with Crippen LogP contribution in [0.25, 0.3) is 11.0 Å². The first-order valence-corrected chi connectivity index (χ1v) is 6.63. The fourth-order valence-corrected chi connectivity index (χ4v) is 2.31. The lowest BCUT2D eigenvalue weighted by atomic mass is 10.2. The molecule has 1 aromatic carbocycles.